The van der Waals surface area contributed by atoms with Crippen molar-refractivity contribution in [1.29, 1.82) is 0 Å². The van der Waals surface area contributed by atoms with E-state index >= 15 is 0 Å². The molecule has 2 amide bonds. The van der Waals surface area contributed by atoms with Gasteiger partial charge in [0.05, 0.1) is 24.1 Å². The number of anilines is 1. The number of sulfonamides is 1. The summed E-state index contributed by atoms with van der Waals surface area (Å²) in [5.74, 6) is -0.0199. The summed E-state index contributed by atoms with van der Waals surface area (Å²) in [5.41, 5.74) is 2.45. The maximum absolute atomic E-state index is 12.9. The monoisotopic (exact) mass is 587 g/mol. The number of carbonyl (C=O) groups excluding carboxylic acids is 2. The molecule has 0 unspecified atom stereocenters. The fraction of sp³-hybridized carbons (Fsp3) is 0.281. The minimum atomic E-state index is -4.07. The zero-order valence-corrected chi connectivity index (χ0v) is 24.4. The Kier molecular flexibility index (Phi) is 8.44. The van der Waals surface area contributed by atoms with Gasteiger partial charge in [-0.3, -0.25) is 14.4 Å². The first kappa shape index (κ1) is 29.1. The highest BCUT2D eigenvalue weighted by atomic mass is 32.2. The molecule has 1 aliphatic carbocycles. The van der Waals surface area contributed by atoms with Crippen molar-refractivity contribution in [3.8, 4) is 5.75 Å². The summed E-state index contributed by atoms with van der Waals surface area (Å²) in [5, 5.41) is 3.48. The molecular formula is C32H33N3O6S. The van der Waals surface area contributed by atoms with Crippen molar-refractivity contribution in [2.75, 3.05) is 12.4 Å². The van der Waals surface area contributed by atoms with Crippen LogP contribution in [-0.2, 0) is 21.4 Å². The van der Waals surface area contributed by atoms with E-state index < -0.39 is 15.9 Å². The van der Waals surface area contributed by atoms with Gasteiger partial charge in [0.25, 0.3) is 15.9 Å². The highest BCUT2D eigenvalue weighted by Crippen LogP contribution is 2.28. The van der Waals surface area contributed by atoms with Crippen LogP contribution in [0.25, 0.3) is 10.9 Å². The smallest absolute Gasteiger partial charge is 0.265 e. The van der Waals surface area contributed by atoms with Crippen LogP contribution in [0, 0.1) is 12.8 Å². The molecule has 0 radical (unpaired) electrons. The molecule has 2 N–H and O–H groups in total. The van der Waals surface area contributed by atoms with E-state index in [1.807, 2.05) is 4.57 Å². The van der Waals surface area contributed by atoms with Gasteiger partial charge in [-0.25, -0.2) is 13.1 Å². The van der Waals surface area contributed by atoms with E-state index in [0.717, 1.165) is 12.8 Å². The largest absolute Gasteiger partial charge is 0.496 e. The molecule has 218 valence electrons. The van der Waals surface area contributed by atoms with Crippen molar-refractivity contribution in [2.24, 2.45) is 5.92 Å². The highest BCUT2D eigenvalue weighted by molar-refractivity contribution is 7.90. The van der Waals surface area contributed by atoms with Gasteiger partial charge in [0.2, 0.25) is 5.91 Å². The van der Waals surface area contributed by atoms with Crippen LogP contribution in [0.5, 0.6) is 5.75 Å². The number of nitrogens with zero attached hydrogens (tertiary/aromatic N) is 1. The number of aryl methyl sites for hydroxylation is 1. The SMILES string of the molecule is COc1cc(C(=O)NS(=O)(=O)c2ccccc2C)ccc1Cn1ccc(=O)c2ccc(NC(=O)CC3CCCC3)cc21. The lowest BCUT2D eigenvalue weighted by molar-refractivity contribution is -0.117. The zero-order valence-electron chi connectivity index (χ0n) is 23.6. The summed E-state index contributed by atoms with van der Waals surface area (Å²) in [7, 11) is -2.60. The predicted octanol–water partition coefficient (Wildman–Crippen LogP) is 5.00. The van der Waals surface area contributed by atoms with Crippen molar-refractivity contribution in [3.05, 3.63) is 99.8 Å². The number of fused-ring (bicyclic) bond motifs is 1. The van der Waals surface area contributed by atoms with Gasteiger partial charge in [0.1, 0.15) is 5.75 Å². The molecule has 0 aliphatic heterocycles. The number of carbonyl (C=O) groups is 2. The molecule has 42 heavy (non-hydrogen) atoms. The number of aromatic nitrogens is 1. The number of ether oxygens (including phenoxy) is 1. The van der Waals surface area contributed by atoms with Crippen LogP contribution in [0.4, 0.5) is 5.69 Å². The number of hydrogen-bond donors (Lipinski definition) is 2. The van der Waals surface area contributed by atoms with Crippen LogP contribution in [-0.4, -0.2) is 31.9 Å². The van der Waals surface area contributed by atoms with Crippen LogP contribution < -0.4 is 20.2 Å². The number of pyridine rings is 1. The van der Waals surface area contributed by atoms with Gasteiger partial charge < -0.3 is 14.6 Å². The molecule has 0 spiro atoms. The summed E-state index contributed by atoms with van der Waals surface area (Å²) in [4.78, 5) is 38.2. The van der Waals surface area contributed by atoms with E-state index in [0.29, 0.717) is 52.4 Å². The normalized spacial score (nSPS) is 13.7. The Balaban J connectivity index is 1.38. The Morgan fingerprint density at radius 2 is 1.76 bits per heavy atom. The first-order chi connectivity index (χ1) is 20.1. The molecule has 1 saturated carbocycles. The quantitative estimate of drug-likeness (QED) is 0.284. The molecule has 5 rings (SSSR count). The molecule has 1 aliphatic rings. The van der Waals surface area contributed by atoms with E-state index in [9.17, 15) is 22.8 Å². The topological polar surface area (TPSA) is 124 Å². The summed E-state index contributed by atoms with van der Waals surface area (Å²) in [6, 6.07) is 17.8. The first-order valence-corrected chi connectivity index (χ1v) is 15.4. The number of rotatable bonds is 9. The number of benzene rings is 3. The summed E-state index contributed by atoms with van der Waals surface area (Å²) in [6.45, 7) is 1.95. The molecular weight excluding hydrogens is 554 g/mol. The molecule has 1 aromatic heterocycles. The van der Waals surface area contributed by atoms with Gasteiger partial charge in [-0.05, 0) is 67.6 Å². The van der Waals surface area contributed by atoms with Crippen molar-refractivity contribution in [1.82, 2.24) is 9.29 Å². The third kappa shape index (κ3) is 6.38. The second-order valence-corrected chi connectivity index (χ2v) is 12.3. The summed E-state index contributed by atoms with van der Waals surface area (Å²) in [6.07, 6.45) is 6.65. The zero-order chi connectivity index (χ0) is 29.9. The molecule has 10 heteroatoms. The number of hydrogen-bond acceptors (Lipinski definition) is 6. The van der Waals surface area contributed by atoms with Crippen LogP contribution >= 0.6 is 0 Å². The number of nitrogens with one attached hydrogen (secondary N) is 2. The van der Waals surface area contributed by atoms with E-state index in [2.05, 4.69) is 10.0 Å². The average Bonchev–Trinajstić information content (AvgIpc) is 3.47. The molecule has 0 saturated heterocycles. The van der Waals surface area contributed by atoms with E-state index in [4.69, 9.17) is 4.74 Å². The molecule has 0 bridgehead atoms. The predicted molar refractivity (Wildman–Crippen MR) is 161 cm³/mol. The maximum Gasteiger partial charge on any atom is 0.265 e. The molecule has 3 aromatic carbocycles. The van der Waals surface area contributed by atoms with Gasteiger partial charge in [-0.1, -0.05) is 37.1 Å². The molecule has 0 atom stereocenters. The lowest BCUT2D eigenvalue weighted by atomic mass is 10.0. The van der Waals surface area contributed by atoms with Crippen LogP contribution in [0.2, 0.25) is 0 Å². The minimum absolute atomic E-state index is 0.0288. The van der Waals surface area contributed by atoms with Gasteiger partial charge in [0, 0.05) is 40.9 Å². The van der Waals surface area contributed by atoms with Crippen LogP contribution in [0.15, 0.2) is 82.6 Å². The Hall–Kier alpha value is -4.44. The van der Waals surface area contributed by atoms with Gasteiger partial charge in [-0.2, -0.15) is 0 Å². The highest BCUT2D eigenvalue weighted by Gasteiger charge is 2.22. The fourth-order valence-corrected chi connectivity index (χ4v) is 6.73. The Bertz CT molecular complexity index is 1820. The number of methoxy groups -OCH3 is 1. The molecule has 4 aromatic rings. The maximum atomic E-state index is 12.9. The Morgan fingerprint density at radius 3 is 2.50 bits per heavy atom. The summed E-state index contributed by atoms with van der Waals surface area (Å²) < 4.78 is 35.2. The standard InChI is InChI=1S/C32H33N3O6S/c1-21-7-3-6-10-30(21)42(39,40)34-32(38)23-11-12-24(29(18-23)41-2)20-35-16-15-28(36)26-14-13-25(19-27(26)35)33-31(37)17-22-8-4-5-9-22/h3,6-7,10-16,18-19,22H,4-5,8-9,17,20H2,1-2H3,(H,33,37)(H,34,38). The number of amides is 2. The molecule has 1 fully saturated rings. The Morgan fingerprint density at radius 1 is 1.00 bits per heavy atom. The van der Waals surface area contributed by atoms with Gasteiger partial charge in [-0.15, -0.1) is 0 Å². The second-order valence-electron chi connectivity index (χ2n) is 10.7. The van der Waals surface area contributed by atoms with E-state index in [1.165, 1.54) is 44.2 Å². The average molecular weight is 588 g/mol. The van der Waals surface area contributed by atoms with Crippen molar-refractivity contribution < 1.29 is 22.7 Å². The minimum Gasteiger partial charge on any atom is -0.496 e. The second kappa shape index (κ2) is 12.2. The van der Waals surface area contributed by atoms with Crippen molar-refractivity contribution in [3.63, 3.8) is 0 Å². The van der Waals surface area contributed by atoms with Crippen molar-refractivity contribution >= 4 is 38.4 Å². The third-order valence-corrected chi connectivity index (χ3v) is 9.20. The lowest BCUT2D eigenvalue weighted by Crippen LogP contribution is -2.31. The molecule has 1 heterocycles. The van der Waals surface area contributed by atoms with Crippen molar-refractivity contribution in [2.45, 2.75) is 50.5 Å². The van der Waals surface area contributed by atoms with E-state index in [1.54, 1.807) is 55.6 Å². The van der Waals surface area contributed by atoms with Gasteiger partial charge >= 0.3 is 0 Å². The van der Waals surface area contributed by atoms with Crippen LogP contribution in [0.1, 0.15) is 53.6 Å². The third-order valence-electron chi connectivity index (χ3n) is 7.71. The Labute approximate surface area is 244 Å². The van der Waals surface area contributed by atoms with E-state index in [-0.39, 0.29) is 21.8 Å². The molecule has 9 nitrogen and oxygen atoms in total. The van der Waals surface area contributed by atoms with Crippen LogP contribution in [0.3, 0.4) is 0 Å². The summed E-state index contributed by atoms with van der Waals surface area (Å²) >= 11 is 0. The lowest BCUT2D eigenvalue weighted by Gasteiger charge is -2.16. The first-order valence-electron chi connectivity index (χ1n) is 13.9. The van der Waals surface area contributed by atoms with Gasteiger partial charge in [0.15, 0.2) is 5.43 Å². The fourth-order valence-electron chi connectivity index (χ4n) is 5.50.